The van der Waals surface area contributed by atoms with Gasteiger partial charge in [-0.2, -0.15) is 0 Å². The second kappa shape index (κ2) is 7.54. The van der Waals surface area contributed by atoms with Crippen LogP contribution in [0.15, 0.2) is 48.5 Å². The van der Waals surface area contributed by atoms with E-state index < -0.39 is 0 Å². The van der Waals surface area contributed by atoms with Crippen LogP contribution < -0.4 is 5.32 Å². The van der Waals surface area contributed by atoms with Crippen LogP contribution in [0.2, 0.25) is 0 Å². The third-order valence-corrected chi connectivity index (χ3v) is 3.37. The lowest BCUT2D eigenvalue weighted by molar-refractivity contribution is -0.128. The lowest BCUT2D eigenvalue weighted by Crippen LogP contribution is -2.23. The summed E-state index contributed by atoms with van der Waals surface area (Å²) in [6.45, 7) is 0. The van der Waals surface area contributed by atoms with Gasteiger partial charge < -0.3 is 10.2 Å². The van der Waals surface area contributed by atoms with Gasteiger partial charge in [-0.05, 0) is 35.4 Å². The molecule has 0 fully saturated rings. The average molecular weight is 314 g/mol. The van der Waals surface area contributed by atoms with Gasteiger partial charge in [0.2, 0.25) is 11.8 Å². The Kier molecular flexibility index (Phi) is 5.46. The van der Waals surface area contributed by atoms with Crippen molar-refractivity contribution < 1.29 is 14.0 Å². The summed E-state index contributed by atoms with van der Waals surface area (Å²) in [5, 5.41) is 2.78. The average Bonchev–Trinajstić information content (AvgIpc) is 2.51. The monoisotopic (exact) mass is 314 g/mol. The Labute approximate surface area is 134 Å². The summed E-state index contributed by atoms with van der Waals surface area (Å²) in [4.78, 5) is 25.1. The van der Waals surface area contributed by atoms with Gasteiger partial charge in [0.25, 0.3) is 0 Å². The third kappa shape index (κ3) is 5.21. The number of carbonyl (C=O) groups excluding carboxylic acids is 2. The molecule has 4 nitrogen and oxygen atoms in total. The van der Waals surface area contributed by atoms with E-state index in [1.807, 2.05) is 12.1 Å². The molecule has 0 aliphatic carbocycles. The molecule has 2 aromatic carbocycles. The number of rotatable bonds is 5. The summed E-state index contributed by atoms with van der Waals surface area (Å²) >= 11 is 0. The molecule has 5 heteroatoms. The highest BCUT2D eigenvalue weighted by atomic mass is 19.1. The molecule has 120 valence electrons. The van der Waals surface area contributed by atoms with Gasteiger partial charge >= 0.3 is 0 Å². The summed E-state index contributed by atoms with van der Waals surface area (Å²) in [5.41, 5.74) is 2.30. The molecule has 2 rings (SSSR count). The molecule has 0 aromatic heterocycles. The molecule has 0 aliphatic heterocycles. The number of nitrogens with zero attached hydrogens (tertiary/aromatic N) is 1. The molecule has 2 amide bonds. The molecule has 0 saturated heterocycles. The van der Waals surface area contributed by atoms with Gasteiger partial charge in [0, 0.05) is 19.8 Å². The first-order chi connectivity index (χ1) is 10.9. The topological polar surface area (TPSA) is 49.4 Å². The molecule has 0 saturated carbocycles. The zero-order valence-corrected chi connectivity index (χ0v) is 13.2. The maximum Gasteiger partial charge on any atom is 0.228 e. The zero-order valence-electron chi connectivity index (χ0n) is 13.2. The van der Waals surface area contributed by atoms with E-state index in [9.17, 15) is 14.0 Å². The number of nitrogens with one attached hydrogen (secondary N) is 1. The molecular formula is C18H19FN2O2. The van der Waals surface area contributed by atoms with Crippen LogP contribution in [0, 0.1) is 5.82 Å². The Morgan fingerprint density at radius 3 is 2.00 bits per heavy atom. The molecule has 0 bridgehead atoms. The third-order valence-electron chi connectivity index (χ3n) is 3.37. The van der Waals surface area contributed by atoms with Crippen LogP contribution in [0.4, 0.5) is 10.1 Å². The Morgan fingerprint density at radius 1 is 0.913 bits per heavy atom. The number of amides is 2. The molecule has 0 unspecified atom stereocenters. The van der Waals surface area contributed by atoms with Gasteiger partial charge in [-0.25, -0.2) is 4.39 Å². The summed E-state index contributed by atoms with van der Waals surface area (Å²) < 4.78 is 12.8. The first-order valence-corrected chi connectivity index (χ1v) is 7.27. The van der Waals surface area contributed by atoms with Crippen molar-refractivity contribution in [2.24, 2.45) is 0 Å². The summed E-state index contributed by atoms with van der Waals surface area (Å²) in [6.07, 6.45) is 0.512. The molecule has 1 N–H and O–H groups in total. The van der Waals surface area contributed by atoms with Gasteiger partial charge in [-0.3, -0.25) is 9.59 Å². The maximum absolute atomic E-state index is 12.8. The van der Waals surface area contributed by atoms with E-state index in [2.05, 4.69) is 5.32 Å². The molecule has 2 aromatic rings. The van der Waals surface area contributed by atoms with Crippen molar-refractivity contribution >= 4 is 17.5 Å². The summed E-state index contributed by atoms with van der Waals surface area (Å²) in [6, 6.07) is 13.0. The minimum Gasteiger partial charge on any atom is -0.349 e. The van der Waals surface area contributed by atoms with Gasteiger partial charge in [0.05, 0.1) is 12.8 Å². The van der Waals surface area contributed by atoms with Crippen LogP contribution in [0.3, 0.4) is 0 Å². The molecule has 0 atom stereocenters. The predicted octanol–water partition coefficient (Wildman–Crippen LogP) is 2.64. The van der Waals surface area contributed by atoms with Crippen LogP contribution in [-0.4, -0.2) is 30.8 Å². The fourth-order valence-electron chi connectivity index (χ4n) is 2.03. The number of benzene rings is 2. The van der Waals surface area contributed by atoms with Crippen molar-refractivity contribution in [3.8, 4) is 0 Å². The van der Waals surface area contributed by atoms with Gasteiger partial charge in [0.1, 0.15) is 5.82 Å². The molecule has 0 spiro atoms. The van der Waals surface area contributed by atoms with E-state index in [4.69, 9.17) is 0 Å². The van der Waals surface area contributed by atoms with Gasteiger partial charge in [-0.15, -0.1) is 0 Å². The second-order valence-electron chi connectivity index (χ2n) is 5.51. The molecule has 0 radical (unpaired) electrons. The van der Waals surface area contributed by atoms with E-state index in [0.29, 0.717) is 12.1 Å². The molecule has 0 heterocycles. The van der Waals surface area contributed by atoms with Crippen molar-refractivity contribution in [2.45, 2.75) is 12.8 Å². The number of hydrogen-bond acceptors (Lipinski definition) is 2. The fraction of sp³-hybridized carbons (Fsp3) is 0.222. The van der Waals surface area contributed by atoms with E-state index in [1.165, 1.54) is 12.1 Å². The smallest absolute Gasteiger partial charge is 0.228 e. The quantitative estimate of drug-likeness (QED) is 0.922. The van der Waals surface area contributed by atoms with E-state index in [1.54, 1.807) is 43.3 Å². The van der Waals surface area contributed by atoms with Crippen LogP contribution in [0.5, 0.6) is 0 Å². The van der Waals surface area contributed by atoms with Crippen molar-refractivity contribution in [1.82, 2.24) is 4.90 Å². The number of halogens is 1. The van der Waals surface area contributed by atoms with Gasteiger partial charge in [-0.1, -0.05) is 24.3 Å². The van der Waals surface area contributed by atoms with Crippen molar-refractivity contribution in [2.75, 3.05) is 19.4 Å². The first kappa shape index (κ1) is 16.7. The van der Waals surface area contributed by atoms with Gasteiger partial charge in [0.15, 0.2) is 0 Å². The highest BCUT2D eigenvalue weighted by Gasteiger charge is 2.07. The highest BCUT2D eigenvalue weighted by Crippen LogP contribution is 2.12. The SMILES string of the molecule is CN(C)C(=O)Cc1ccc(NC(=O)Cc2ccc(F)cc2)cc1. The highest BCUT2D eigenvalue weighted by molar-refractivity contribution is 5.92. The first-order valence-electron chi connectivity index (χ1n) is 7.27. The number of carbonyl (C=O) groups is 2. The number of hydrogen-bond donors (Lipinski definition) is 1. The molecular weight excluding hydrogens is 295 g/mol. The van der Waals surface area contributed by atoms with E-state index in [0.717, 1.165) is 11.1 Å². The summed E-state index contributed by atoms with van der Waals surface area (Å²) in [7, 11) is 3.43. The second-order valence-corrected chi connectivity index (χ2v) is 5.51. The Morgan fingerprint density at radius 2 is 1.43 bits per heavy atom. The number of anilines is 1. The van der Waals surface area contributed by atoms with E-state index in [-0.39, 0.29) is 24.1 Å². The Hall–Kier alpha value is -2.69. The summed E-state index contributed by atoms with van der Waals surface area (Å²) in [5.74, 6) is -0.469. The Bertz CT molecular complexity index is 679. The maximum atomic E-state index is 12.8. The fourth-order valence-corrected chi connectivity index (χ4v) is 2.03. The zero-order chi connectivity index (χ0) is 16.8. The molecule has 23 heavy (non-hydrogen) atoms. The standard InChI is InChI=1S/C18H19FN2O2/c1-21(2)18(23)12-14-5-9-16(10-6-14)20-17(22)11-13-3-7-15(19)8-4-13/h3-10H,11-12H2,1-2H3,(H,20,22). The minimum atomic E-state index is -0.322. The van der Waals surface area contributed by atoms with Crippen molar-refractivity contribution in [3.05, 3.63) is 65.5 Å². The van der Waals surface area contributed by atoms with Crippen LogP contribution in [0.25, 0.3) is 0 Å². The normalized spacial score (nSPS) is 10.2. The van der Waals surface area contributed by atoms with Crippen molar-refractivity contribution in [3.63, 3.8) is 0 Å². The largest absolute Gasteiger partial charge is 0.349 e. The minimum absolute atomic E-state index is 0.0260. The van der Waals surface area contributed by atoms with Crippen LogP contribution in [-0.2, 0) is 22.4 Å². The lowest BCUT2D eigenvalue weighted by atomic mass is 10.1. The van der Waals surface area contributed by atoms with Crippen LogP contribution in [0.1, 0.15) is 11.1 Å². The molecule has 0 aliphatic rings. The Balaban J connectivity index is 1.91. The van der Waals surface area contributed by atoms with Crippen molar-refractivity contribution in [1.29, 1.82) is 0 Å². The predicted molar refractivity (Wildman–Crippen MR) is 87.6 cm³/mol. The number of likely N-dealkylation sites (N-methyl/N-ethyl adjacent to an activating group) is 1. The van der Waals surface area contributed by atoms with Crippen LogP contribution >= 0.6 is 0 Å². The lowest BCUT2D eigenvalue weighted by Gasteiger charge is -2.10. The van der Waals surface area contributed by atoms with E-state index >= 15 is 0 Å².